The summed E-state index contributed by atoms with van der Waals surface area (Å²) >= 11 is 0. The third kappa shape index (κ3) is 4.72. The van der Waals surface area contributed by atoms with Crippen LogP contribution in [0.5, 0.6) is 5.75 Å². The Bertz CT molecular complexity index is 1230. The van der Waals surface area contributed by atoms with Crippen molar-refractivity contribution < 1.29 is 26.5 Å². The van der Waals surface area contributed by atoms with Gasteiger partial charge in [0.1, 0.15) is 5.75 Å². The van der Waals surface area contributed by atoms with E-state index < -0.39 is 25.0 Å². The van der Waals surface area contributed by atoms with Crippen LogP contribution in [0.3, 0.4) is 0 Å². The van der Waals surface area contributed by atoms with Crippen LogP contribution in [-0.2, 0) is 20.1 Å². The van der Waals surface area contributed by atoms with Gasteiger partial charge in [0.2, 0.25) is 0 Å². The van der Waals surface area contributed by atoms with Crippen molar-refractivity contribution in [2.45, 2.75) is 9.79 Å². The first-order valence-corrected chi connectivity index (χ1v) is 10.1. The fourth-order valence-electron chi connectivity index (χ4n) is 2.43. The molecule has 0 fully saturated rings. The minimum Gasteiger partial charge on any atom is -0.507 e. The van der Waals surface area contributed by atoms with E-state index in [1.807, 2.05) is 0 Å². The van der Waals surface area contributed by atoms with Crippen molar-refractivity contribution in [3.8, 4) is 5.75 Å². The smallest absolute Gasteiger partial charge is 0.294 e. The molecule has 0 saturated carbocycles. The number of hydrogen-bond donors (Lipinski definition) is 4. The predicted octanol–water partition coefficient (Wildman–Crippen LogP) is 1.79. The summed E-state index contributed by atoms with van der Waals surface area (Å²) in [7, 11) is -8.60. The minimum atomic E-state index is -4.47. The summed E-state index contributed by atoms with van der Waals surface area (Å²) in [5, 5.41) is 10.9. The Hall–Kier alpha value is -1.82. The zero-order chi connectivity index (χ0) is 19.1. The number of sulfonamides is 1. The van der Waals surface area contributed by atoms with E-state index in [1.54, 1.807) is 12.1 Å². The minimum absolute atomic E-state index is 0. The standard InChI is InChI=1S/C16H14N2O6S2.Na/c17-11-4-5-15-10(6-11)7-14(9-16(15)19)25(20,21)18-12-2-1-3-13(8-12)26(22,23)24;/h1-9,18-19H,17H2,(H,22,23,24);. The van der Waals surface area contributed by atoms with Gasteiger partial charge in [-0.25, -0.2) is 8.42 Å². The molecule has 5 N–H and O–H groups in total. The molecule has 0 atom stereocenters. The van der Waals surface area contributed by atoms with Crippen LogP contribution in [0.1, 0.15) is 0 Å². The number of aromatic hydroxyl groups is 1. The number of anilines is 2. The fraction of sp³-hybridized carbons (Fsp3) is 0. The van der Waals surface area contributed by atoms with E-state index in [0.29, 0.717) is 16.5 Å². The second-order valence-electron chi connectivity index (χ2n) is 5.53. The van der Waals surface area contributed by atoms with Crippen LogP contribution < -0.4 is 10.5 Å². The second-order valence-corrected chi connectivity index (χ2v) is 8.64. The molecule has 0 spiro atoms. The number of phenolic OH excluding ortho intramolecular Hbond substituents is 1. The molecule has 0 saturated heterocycles. The van der Waals surface area contributed by atoms with Gasteiger partial charge in [0, 0.05) is 46.7 Å². The van der Waals surface area contributed by atoms with Crippen molar-refractivity contribution in [1.82, 2.24) is 0 Å². The molecule has 11 heteroatoms. The number of fused-ring (bicyclic) bond motifs is 1. The molecule has 0 aliphatic heterocycles. The zero-order valence-electron chi connectivity index (χ0n) is 14.1. The Morgan fingerprint density at radius 3 is 2.26 bits per heavy atom. The largest absolute Gasteiger partial charge is 0.507 e. The molecule has 0 aliphatic carbocycles. The topological polar surface area (TPSA) is 147 Å². The van der Waals surface area contributed by atoms with Gasteiger partial charge in [0.25, 0.3) is 20.1 Å². The molecule has 3 aromatic carbocycles. The molecule has 3 aromatic rings. The summed E-state index contributed by atoms with van der Waals surface area (Å²) in [6.07, 6.45) is 0. The molecule has 0 amide bonds. The number of nitrogens with two attached hydrogens (primary N) is 1. The molecule has 0 bridgehead atoms. The number of phenols is 1. The van der Waals surface area contributed by atoms with Gasteiger partial charge in [-0.2, -0.15) is 8.42 Å². The van der Waals surface area contributed by atoms with Crippen LogP contribution in [0.4, 0.5) is 11.4 Å². The first-order valence-electron chi connectivity index (χ1n) is 7.19. The molecular weight excluding hydrogens is 403 g/mol. The van der Waals surface area contributed by atoms with E-state index in [1.165, 1.54) is 24.3 Å². The third-order valence-electron chi connectivity index (χ3n) is 3.62. The van der Waals surface area contributed by atoms with Gasteiger partial charge in [0.05, 0.1) is 15.5 Å². The Morgan fingerprint density at radius 2 is 1.59 bits per heavy atom. The number of nitrogen functional groups attached to an aromatic ring is 1. The summed E-state index contributed by atoms with van der Waals surface area (Å²) in [5.74, 6) is -0.241. The van der Waals surface area contributed by atoms with Crippen LogP contribution in [0, 0.1) is 0 Å². The SMILES string of the molecule is Nc1ccc2c(O)cc(S(=O)(=O)Nc3cccc(S(=O)(=O)O)c3)cc2c1.[Na]. The summed E-state index contributed by atoms with van der Waals surface area (Å²) in [6, 6.07) is 11.8. The summed E-state index contributed by atoms with van der Waals surface area (Å²) in [5.41, 5.74) is 6.03. The zero-order valence-corrected chi connectivity index (χ0v) is 17.8. The van der Waals surface area contributed by atoms with Crippen LogP contribution in [-0.4, -0.2) is 56.1 Å². The number of benzene rings is 3. The number of rotatable bonds is 4. The van der Waals surface area contributed by atoms with Gasteiger partial charge >= 0.3 is 0 Å². The van der Waals surface area contributed by atoms with E-state index >= 15 is 0 Å². The molecule has 0 aliphatic rings. The average Bonchev–Trinajstić information content (AvgIpc) is 2.53. The normalized spacial score (nSPS) is 11.7. The first kappa shape index (κ1) is 21.5. The Balaban J connectivity index is 0.00000261. The van der Waals surface area contributed by atoms with Crippen molar-refractivity contribution in [2.24, 2.45) is 0 Å². The molecule has 3 rings (SSSR count). The molecule has 8 nitrogen and oxygen atoms in total. The van der Waals surface area contributed by atoms with E-state index in [0.717, 1.165) is 18.2 Å². The molecule has 137 valence electrons. The van der Waals surface area contributed by atoms with Crippen molar-refractivity contribution >= 4 is 71.8 Å². The van der Waals surface area contributed by atoms with Crippen LogP contribution in [0.2, 0.25) is 0 Å². The van der Waals surface area contributed by atoms with Crippen LogP contribution in [0.25, 0.3) is 10.8 Å². The van der Waals surface area contributed by atoms with Crippen molar-refractivity contribution in [3.05, 3.63) is 54.6 Å². The van der Waals surface area contributed by atoms with Gasteiger partial charge in [-0.1, -0.05) is 6.07 Å². The van der Waals surface area contributed by atoms with Crippen molar-refractivity contribution in [3.63, 3.8) is 0 Å². The van der Waals surface area contributed by atoms with Crippen LogP contribution >= 0.6 is 0 Å². The monoisotopic (exact) mass is 417 g/mol. The van der Waals surface area contributed by atoms with Gasteiger partial charge < -0.3 is 10.8 Å². The van der Waals surface area contributed by atoms with E-state index in [4.69, 9.17) is 10.3 Å². The molecule has 0 heterocycles. The van der Waals surface area contributed by atoms with E-state index in [9.17, 15) is 21.9 Å². The van der Waals surface area contributed by atoms with Crippen molar-refractivity contribution in [2.75, 3.05) is 10.5 Å². The third-order valence-corrected chi connectivity index (χ3v) is 5.83. The second kappa shape index (κ2) is 7.66. The molecule has 27 heavy (non-hydrogen) atoms. The molecular formula is C16H14N2NaO6S2. The predicted molar refractivity (Wildman–Crippen MR) is 103 cm³/mol. The molecule has 0 unspecified atom stereocenters. The molecule has 0 aromatic heterocycles. The molecule has 1 radical (unpaired) electrons. The van der Waals surface area contributed by atoms with E-state index in [2.05, 4.69) is 4.72 Å². The van der Waals surface area contributed by atoms with E-state index in [-0.39, 0.29) is 45.9 Å². The van der Waals surface area contributed by atoms with Gasteiger partial charge in [-0.05, 0) is 47.9 Å². The summed E-state index contributed by atoms with van der Waals surface area (Å²) < 4.78 is 58.8. The maximum absolute atomic E-state index is 12.6. The fourth-order valence-corrected chi connectivity index (χ4v) is 4.06. The maximum atomic E-state index is 12.6. The number of hydrogen-bond acceptors (Lipinski definition) is 6. The Labute approximate surface area is 178 Å². The number of nitrogens with one attached hydrogen (secondary N) is 1. The maximum Gasteiger partial charge on any atom is 0.294 e. The van der Waals surface area contributed by atoms with Crippen LogP contribution in [0.15, 0.2) is 64.4 Å². The first-order chi connectivity index (χ1) is 12.1. The summed E-state index contributed by atoms with van der Waals surface area (Å²) in [6.45, 7) is 0. The Kier molecular flexibility index (Phi) is 6.10. The summed E-state index contributed by atoms with van der Waals surface area (Å²) in [4.78, 5) is -0.683. The van der Waals surface area contributed by atoms with Gasteiger partial charge in [0.15, 0.2) is 0 Å². The quantitative estimate of drug-likeness (QED) is 0.287. The van der Waals surface area contributed by atoms with Gasteiger partial charge in [-0.15, -0.1) is 0 Å². The van der Waals surface area contributed by atoms with Crippen molar-refractivity contribution in [1.29, 1.82) is 0 Å². The Morgan fingerprint density at radius 1 is 0.889 bits per heavy atom. The van der Waals surface area contributed by atoms with Gasteiger partial charge in [-0.3, -0.25) is 9.27 Å². The average molecular weight is 417 g/mol.